The third-order valence-corrected chi connectivity index (χ3v) is 2.42. The molecule has 0 atom stereocenters. The summed E-state index contributed by atoms with van der Waals surface area (Å²) in [5.41, 5.74) is 5.55. The highest BCUT2D eigenvalue weighted by Gasteiger charge is 2.22. The zero-order valence-corrected chi connectivity index (χ0v) is 10.2. The Bertz CT molecular complexity index is 188. The number of carbonyl (C=O) groups excluding carboxylic acids is 1. The first-order valence-corrected chi connectivity index (χ1v) is 5.52. The summed E-state index contributed by atoms with van der Waals surface area (Å²) >= 11 is 0. The predicted molar refractivity (Wildman–Crippen MR) is 59.6 cm³/mol. The number of rotatable bonds is 6. The van der Waals surface area contributed by atoms with Gasteiger partial charge in [0.15, 0.2) is 0 Å². The fraction of sp³-hybridized carbons (Fsp3) is 0.909. The average molecular weight is 217 g/mol. The zero-order chi connectivity index (χ0) is 11.9. The van der Waals surface area contributed by atoms with E-state index in [2.05, 4.69) is 0 Å². The summed E-state index contributed by atoms with van der Waals surface area (Å²) in [4.78, 5) is 11.1. The molecule has 0 rings (SSSR count). The third-order valence-electron chi connectivity index (χ3n) is 2.42. The maximum atomic E-state index is 11.1. The molecule has 0 radical (unpaired) electrons. The Hall–Kier alpha value is -0.770. The van der Waals surface area contributed by atoms with Crippen molar-refractivity contribution in [2.24, 2.45) is 11.7 Å². The summed E-state index contributed by atoms with van der Waals surface area (Å²) in [7, 11) is 0. The molecule has 4 nitrogen and oxygen atoms in total. The first-order valence-electron chi connectivity index (χ1n) is 5.52. The molecule has 0 aliphatic rings. The van der Waals surface area contributed by atoms with E-state index in [4.69, 9.17) is 15.2 Å². The fourth-order valence-electron chi connectivity index (χ4n) is 0.933. The van der Waals surface area contributed by atoms with Crippen LogP contribution in [-0.2, 0) is 9.47 Å². The van der Waals surface area contributed by atoms with Crippen molar-refractivity contribution in [2.45, 2.75) is 46.1 Å². The maximum absolute atomic E-state index is 11.1. The van der Waals surface area contributed by atoms with Crippen molar-refractivity contribution < 1.29 is 14.3 Å². The van der Waals surface area contributed by atoms with Crippen LogP contribution in [-0.4, -0.2) is 24.9 Å². The lowest BCUT2D eigenvalue weighted by molar-refractivity contribution is 0.0315. The molecule has 0 saturated heterocycles. The van der Waals surface area contributed by atoms with Gasteiger partial charge in [-0.3, -0.25) is 0 Å². The van der Waals surface area contributed by atoms with E-state index in [1.54, 1.807) is 0 Å². The molecule has 0 aromatic carbocycles. The second kappa shape index (κ2) is 6.67. The third kappa shape index (κ3) is 6.33. The highest BCUT2D eigenvalue weighted by atomic mass is 16.7. The van der Waals surface area contributed by atoms with Crippen LogP contribution in [0.2, 0.25) is 0 Å². The normalized spacial score (nSPS) is 11.6. The fourth-order valence-corrected chi connectivity index (χ4v) is 0.933. The van der Waals surface area contributed by atoms with Gasteiger partial charge in [-0.2, -0.15) is 0 Å². The van der Waals surface area contributed by atoms with Crippen LogP contribution in [0.25, 0.3) is 0 Å². The van der Waals surface area contributed by atoms with Crippen molar-refractivity contribution in [3.05, 3.63) is 0 Å². The van der Waals surface area contributed by atoms with Gasteiger partial charge in [0.1, 0.15) is 6.61 Å². The van der Waals surface area contributed by atoms with E-state index >= 15 is 0 Å². The van der Waals surface area contributed by atoms with Crippen molar-refractivity contribution in [3.8, 4) is 0 Å². The van der Waals surface area contributed by atoms with Crippen molar-refractivity contribution in [2.75, 3.05) is 13.2 Å². The van der Waals surface area contributed by atoms with E-state index < -0.39 is 11.7 Å². The lowest BCUT2D eigenvalue weighted by atomic mass is 9.96. The predicted octanol–water partition coefficient (Wildman–Crippen LogP) is 2.31. The second-order valence-corrected chi connectivity index (χ2v) is 4.31. The van der Waals surface area contributed by atoms with E-state index in [0.29, 0.717) is 12.5 Å². The first kappa shape index (κ1) is 14.2. The first-order chi connectivity index (χ1) is 6.93. The van der Waals surface area contributed by atoms with Crippen LogP contribution in [0.4, 0.5) is 4.79 Å². The molecule has 2 N–H and O–H groups in total. The van der Waals surface area contributed by atoms with Gasteiger partial charge in [-0.1, -0.05) is 27.7 Å². The van der Waals surface area contributed by atoms with Gasteiger partial charge in [0.2, 0.25) is 0 Å². The van der Waals surface area contributed by atoms with Gasteiger partial charge in [0, 0.05) is 5.54 Å². The Kier molecular flexibility index (Phi) is 6.32. The zero-order valence-electron chi connectivity index (χ0n) is 10.2. The van der Waals surface area contributed by atoms with Crippen LogP contribution in [0.1, 0.15) is 40.5 Å². The largest absolute Gasteiger partial charge is 0.508 e. The Balaban J connectivity index is 3.79. The van der Waals surface area contributed by atoms with E-state index in [-0.39, 0.29) is 6.61 Å². The smallest absolute Gasteiger partial charge is 0.434 e. The number of hydrogen-bond donors (Lipinski definition) is 1. The van der Waals surface area contributed by atoms with Crippen LogP contribution >= 0.6 is 0 Å². The SMILES string of the molecule is CCC(N)(CC)COC(=O)OCC(C)C. The Labute approximate surface area is 92.1 Å². The summed E-state index contributed by atoms with van der Waals surface area (Å²) in [6, 6.07) is 0. The van der Waals surface area contributed by atoms with E-state index in [0.717, 1.165) is 12.8 Å². The highest BCUT2D eigenvalue weighted by Crippen LogP contribution is 2.11. The summed E-state index contributed by atoms with van der Waals surface area (Å²) in [6.07, 6.45) is 0.933. The number of nitrogens with two attached hydrogens (primary N) is 1. The van der Waals surface area contributed by atoms with E-state index in [1.807, 2.05) is 27.7 Å². The molecule has 0 aliphatic heterocycles. The second-order valence-electron chi connectivity index (χ2n) is 4.31. The molecule has 0 spiro atoms. The van der Waals surface area contributed by atoms with Crippen molar-refractivity contribution in [1.82, 2.24) is 0 Å². The van der Waals surface area contributed by atoms with Crippen LogP contribution < -0.4 is 5.73 Å². The van der Waals surface area contributed by atoms with Crippen molar-refractivity contribution in [3.63, 3.8) is 0 Å². The van der Waals surface area contributed by atoms with E-state index in [1.165, 1.54) is 0 Å². The molecule has 0 fully saturated rings. The Morgan fingerprint density at radius 3 is 2.20 bits per heavy atom. The summed E-state index contributed by atoms with van der Waals surface area (Å²) in [5.74, 6) is 0.317. The van der Waals surface area contributed by atoms with Crippen LogP contribution in [0.3, 0.4) is 0 Å². The molecular formula is C11H23NO3. The Morgan fingerprint density at radius 2 is 1.80 bits per heavy atom. The average Bonchev–Trinajstić information content (AvgIpc) is 2.23. The van der Waals surface area contributed by atoms with Crippen LogP contribution in [0.15, 0.2) is 0 Å². The van der Waals surface area contributed by atoms with Crippen LogP contribution in [0.5, 0.6) is 0 Å². The number of ether oxygens (including phenoxy) is 2. The summed E-state index contributed by atoms with van der Waals surface area (Å²) in [5, 5.41) is 0. The minimum absolute atomic E-state index is 0.219. The molecule has 0 amide bonds. The van der Waals surface area contributed by atoms with Crippen molar-refractivity contribution in [1.29, 1.82) is 0 Å². The monoisotopic (exact) mass is 217 g/mol. The quantitative estimate of drug-likeness (QED) is 0.693. The van der Waals surface area contributed by atoms with Crippen molar-refractivity contribution >= 4 is 6.16 Å². The van der Waals surface area contributed by atoms with E-state index in [9.17, 15) is 4.79 Å². The molecule has 0 saturated carbocycles. The van der Waals surface area contributed by atoms with Gasteiger partial charge in [-0.25, -0.2) is 4.79 Å². The number of carbonyl (C=O) groups is 1. The Morgan fingerprint density at radius 1 is 1.27 bits per heavy atom. The van der Waals surface area contributed by atoms with Gasteiger partial charge in [-0.05, 0) is 18.8 Å². The molecular weight excluding hydrogens is 194 g/mol. The highest BCUT2D eigenvalue weighted by molar-refractivity contribution is 5.59. The van der Waals surface area contributed by atoms with Gasteiger partial charge < -0.3 is 15.2 Å². The molecule has 15 heavy (non-hydrogen) atoms. The molecule has 0 aromatic heterocycles. The molecule has 90 valence electrons. The maximum Gasteiger partial charge on any atom is 0.508 e. The van der Waals surface area contributed by atoms with Gasteiger partial charge >= 0.3 is 6.16 Å². The molecule has 0 bridgehead atoms. The lowest BCUT2D eigenvalue weighted by Crippen LogP contribution is -2.43. The van der Waals surface area contributed by atoms with Gasteiger partial charge in [0.25, 0.3) is 0 Å². The standard InChI is InChI=1S/C11H23NO3/c1-5-11(12,6-2)8-15-10(13)14-7-9(3)4/h9H,5-8,12H2,1-4H3. The number of hydrogen-bond acceptors (Lipinski definition) is 4. The minimum Gasteiger partial charge on any atom is -0.434 e. The lowest BCUT2D eigenvalue weighted by Gasteiger charge is -2.25. The van der Waals surface area contributed by atoms with Crippen LogP contribution in [0, 0.1) is 5.92 Å². The molecule has 0 unspecified atom stereocenters. The topological polar surface area (TPSA) is 61.5 Å². The molecule has 0 aromatic rings. The molecule has 4 heteroatoms. The molecule has 0 aliphatic carbocycles. The summed E-state index contributed by atoms with van der Waals surface area (Å²) < 4.78 is 9.82. The van der Waals surface area contributed by atoms with Gasteiger partial charge in [-0.15, -0.1) is 0 Å². The summed E-state index contributed by atoms with van der Waals surface area (Å²) in [6.45, 7) is 8.50. The molecule has 0 heterocycles. The van der Waals surface area contributed by atoms with Gasteiger partial charge in [0.05, 0.1) is 6.61 Å². The minimum atomic E-state index is -0.625.